The van der Waals surface area contributed by atoms with Crippen molar-refractivity contribution in [1.82, 2.24) is 0 Å². The van der Waals surface area contributed by atoms with E-state index in [-0.39, 0.29) is 139 Å². The average Bonchev–Trinajstić information content (AvgIpc) is 0. The second kappa shape index (κ2) is 67.1. The minimum atomic E-state index is 0. The maximum atomic E-state index is 0. The van der Waals surface area contributed by atoms with Gasteiger partial charge in [-0.1, -0.05) is 0 Å². The van der Waals surface area contributed by atoms with Gasteiger partial charge in [0.1, 0.15) is 0 Å². The van der Waals surface area contributed by atoms with Crippen LogP contribution in [0.2, 0.25) is 0 Å². The molecule has 0 fully saturated rings. The Hall–Kier alpha value is 4.12. The molecule has 0 atom stereocenters. The quantitative estimate of drug-likeness (QED) is 0.212. The van der Waals surface area contributed by atoms with Crippen LogP contribution in [0, 0.1) is 0 Å². The molecule has 0 saturated heterocycles. The fraction of sp³-hybridized carbons (Fsp3) is 0. The van der Waals surface area contributed by atoms with Gasteiger partial charge in [-0.3, -0.25) is 0 Å². The molecule has 0 aromatic carbocycles. The van der Waals surface area contributed by atoms with E-state index in [9.17, 15) is 0 Å². The molecule has 0 aliphatic heterocycles. The Morgan fingerprint density at radius 2 is 0.250 bits per heavy atom. The van der Waals surface area contributed by atoms with Gasteiger partial charge in [0.2, 0.25) is 0 Å². The van der Waals surface area contributed by atoms with Crippen LogP contribution in [0.5, 0.6) is 0 Å². The SMILES string of the molecule is [Au+].[Au+].[Au+].[Au+].[Cl-].[Cl-].[Cl-].[Cl-]. The third-order valence-corrected chi connectivity index (χ3v) is 0. The van der Waals surface area contributed by atoms with E-state index in [0.717, 1.165) is 0 Å². The van der Waals surface area contributed by atoms with E-state index < -0.39 is 0 Å². The normalized spacial score (nSPS) is 0. The van der Waals surface area contributed by atoms with Gasteiger partial charge in [-0.25, -0.2) is 0 Å². The summed E-state index contributed by atoms with van der Waals surface area (Å²) in [5.74, 6) is 0. The van der Waals surface area contributed by atoms with Crippen molar-refractivity contribution in [3.8, 4) is 0 Å². The van der Waals surface area contributed by atoms with Crippen LogP contribution >= 0.6 is 0 Å². The van der Waals surface area contributed by atoms with Gasteiger partial charge >= 0.3 is 89.5 Å². The van der Waals surface area contributed by atoms with Crippen molar-refractivity contribution >= 4 is 0 Å². The van der Waals surface area contributed by atoms with Crippen LogP contribution in [-0.4, -0.2) is 0 Å². The van der Waals surface area contributed by atoms with E-state index in [4.69, 9.17) is 0 Å². The van der Waals surface area contributed by atoms with Crippen molar-refractivity contribution in [3.05, 3.63) is 0 Å². The van der Waals surface area contributed by atoms with Gasteiger partial charge in [-0.05, 0) is 0 Å². The van der Waals surface area contributed by atoms with Crippen molar-refractivity contribution in [3.63, 3.8) is 0 Å². The van der Waals surface area contributed by atoms with Crippen molar-refractivity contribution in [1.29, 1.82) is 0 Å². The summed E-state index contributed by atoms with van der Waals surface area (Å²) in [5, 5.41) is 0. The Morgan fingerprint density at radius 3 is 0.250 bits per heavy atom. The number of halogens is 4. The van der Waals surface area contributed by atoms with E-state index in [1.165, 1.54) is 0 Å². The molecule has 0 N–H and O–H groups in total. The summed E-state index contributed by atoms with van der Waals surface area (Å²) in [6.07, 6.45) is 0. The smallest absolute Gasteiger partial charge is 1.00 e. The van der Waals surface area contributed by atoms with Crippen LogP contribution in [0.1, 0.15) is 0 Å². The van der Waals surface area contributed by atoms with Gasteiger partial charge < -0.3 is 49.6 Å². The van der Waals surface area contributed by atoms with Gasteiger partial charge in [-0.2, -0.15) is 0 Å². The zero-order valence-corrected chi connectivity index (χ0v) is 14.4. The molecule has 0 radical (unpaired) electrons. The van der Waals surface area contributed by atoms with Crippen molar-refractivity contribution < 1.29 is 139 Å². The first-order chi connectivity index (χ1) is 0. The molecule has 0 unspecified atom stereocenters. The van der Waals surface area contributed by atoms with Crippen LogP contribution in [0.3, 0.4) is 0 Å². The minimum absolute atomic E-state index is 0. The largest absolute Gasteiger partial charge is 1.00 e. The molecule has 8 heteroatoms. The van der Waals surface area contributed by atoms with Crippen LogP contribution in [0.15, 0.2) is 0 Å². The van der Waals surface area contributed by atoms with E-state index >= 15 is 0 Å². The van der Waals surface area contributed by atoms with E-state index in [1.807, 2.05) is 0 Å². The standard InChI is InChI=1S/4Au.4ClH/h;;;;4*1H/q4*+1;;;;/p-4. The van der Waals surface area contributed by atoms with Crippen LogP contribution in [0.25, 0.3) is 0 Å². The Kier molecular flexibility index (Phi) is 740. The zero-order chi connectivity index (χ0) is 0. The summed E-state index contributed by atoms with van der Waals surface area (Å²) in [6.45, 7) is 0. The third kappa shape index (κ3) is 49.6. The fourth-order valence-corrected chi connectivity index (χ4v) is 0. The molecular formula is Au4Cl4. The Labute approximate surface area is 137 Å². The predicted molar refractivity (Wildman–Crippen MR) is 0 cm³/mol. The number of hydrogen-bond donors (Lipinski definition) is 0. The van der Waals surface area contributed by atoms with Gasteiger partial charge in [0.05, 0.1) is 0 Å². The Balaban J connectivity index is 0. The van der Waals surface area contributed by atoms with E-state index in [1.54, 1.807) is 0 Å². The van der Waals surface area contributed by atoms with Crippen molar-refractivity contribution in [2.45, 2.75) is 0 Å². The van der Waals surface area contributed by atoms with Crippen LogP contribution in [-0.2, 0) is 89.5 Å². The summed E-state index contributed by atoms with van der Waals surface area (Å²) < 4.78 is 0. The van der Waals surface area contributed by atoms with Gasteiger partial charge in [-0.15, -0.1) is 0 Å². The molecule has 0 aliphatic carbocycles. The van der Waals surface area contributed by atoms with E-state index in [0.29, 0.717) is 0 Å². The minimum Gasteiger partial charge on any atom is -1.00 e. The summed E-state index contributed by atoms with van der Waals surface area (Å²) >= 11 is 0. The molecule has 8 heavy (non-hydrogen) atoms. The molecule has 0 nitrogen and oxygen atoms in total. The topological polar surface area (TPSA) is 0 Å². The average molecular weight is 930 g/mol. The third-order valence-electron chi connectivity index (χ3n) is 0. The molecule has 72 valence electrons. The Bertz CT molecular complexity index is 8.00. The second-order valence-electron chi connectivity index (χ2n) is 0. The summed E-state index contributed by atoms with van der Waals surface area (Å²) in [5.41, 5.74) is 0. The van der Waals surface area contributed by atoms with Gasteiger partial charge in [0.25, 0.3) is 0 Å². The first-order valence-electron chi connectivity index (χ1n) is 0. The first-order valence-corrected chi connectivity index (χ1v) is 0. The molecule has 0 aliphatic rings. The van der Waals surface area contributed by atoms with Crippen molar-refractivity contribution in [2.24, 2.45) is 0 Å². The van der Waals surface area contributed by atoms with Crippen LogP contribution in [0.4, 0.5) is 0 Å². The van der Waals surface area contributed by atoms with Gasteiger partial charge in [0.15, 0.2) is 0 Å². The molecule has 0 heterocycles. The predicted octanol–water partition coefficient (Wildman–Crippen LogP) is -12.0. The van der Waals surface area contributed by atoms with Crippen molar-refractivity contribution in [2.75, 3.05) is 0 Å². The van der Waals surface area contributed by atoms with Gasteiger partial charge in [0, 0.05) is 0 Å². The number of rotatable bonds is 0. The molecular weight excluding hydrogens is 930 g/mol. The monoisotopic (exact) mass is 928 g/mol. The fourth-order valence-electron chi connectivity index (χ4n) is 0. The Morgan fingerprint density at radius 1 is 0.250 bits per heavy atom. The van der Waals surface area contributed by atoms with E-state index in [2.05, 4.69) is 0 Å². The first kappa shape index (κ1) is 88.3. The van der Waals surface area contributed by atoms with Crippen LogP contribution < -0.4 is 49.6 Å². The maximum absolute atomic E-state index is 0. The molecule has 0 amide bonds. The summed E-state index contributed by atoms with van der Waals surface area (Å²) in [7, 11) is 0. The molecule has 0 saturated carbocycles. The maximum Gasteiger partial charge on any atom is 1.00 e. The molecule has 0 aromatic heterocycles. The molecule has 0 aromatic rings. The second-order valence-corrected chi connectivity index (χ2v) is 0. The zero-order valence-electron chi connectivity index (χ0n) is 2.72. The summed E-state index contributed by atoms with van der Waals surface area (Å²) in [4.78, 5) is 0. The molecule has 0 rings (SSSR count). The number of hydrogen-bond acceptors (Lipinski definition) is 0. The molecule has 0 bridgehead atoms. The summed E-state index contributed by atoms with van der Waals surface area (Å²) in [6, 6.07) is 0. The molecule has 0 spiro atoms.